The number of aromatic carboxylic acids is 1. The average molecular weight is 280 g/mol. The van der Waals surface area contributed by atoms with Crippen LogP contribution in [0.15, 0.2) is 41.3 Å². The van der Waals surface area contributed by atoms with Gasteiger partial charge >= 0.3 is 5.97 Å². The number of aryl methyl sites for hydroxylation is 1. The molecule has 1 unspecified atom stereocenters. The van der Waals surface area contributed by atoms with E-state index in [4.69, 9.17) is 5.11 Å². The average Bonchev–Trinajstić information content (AvgIpc) is 2.77. The van der Waals surface area contributed by atoms with Gasteiger partial charge in [-0.2, -0.15) is 0 Å². The Morgan fingerprint density at radius 2 is 2.11 bits per heavy atom. The van der Waals surface area contributed by atoms with Crippen molar-refractivity contribution in [3.8, 4) is 0 Å². The number of carbonyl (C=O) groups is 1. The number of hydrogen-bond donors (Lipinski definition) is 1. The zero-order valence-corrected chi connectivity index (χ0v) is 11.4. The fraction of sp³-hybridized carbons (Fsp3) is 0.154. The summed E-state index contributed by atoms with van der Waals surface area (Å²) < 4.78 is 12.1. The molecule has 1 heterocycles. The highest BCUT2D eigenvalue weighted by atomic mass is 32.2. The fourth-order valence-electron chi connectivity index (χ4n) is 1.54. The minimum Gasteiger partial charge on any atom is -0.477 e. The highest BCUT2D eigenvalue weighted by Crippen LogP contribution is 2.20. The van der Waals surface area contributed by atoms with E-state index in [1.54, 1.807) is 12.1 Å². The summed E-state index contributed by atoms with van der Waals surface area (Å²) in [6, 6.07) is 10.8. The molecule has 0 radical (unpaired) electrons. The highest BCUT2D eigenvalue weighted by molar-refractivity contribution is 7.84. The molecule has 18 heavy (non-hydrogen) atoms. The van der Waals surface area contributed by atoms with Crippen LogP contribution in [-0.4, -0.2) is 15.3 Å². The second-order valence-electron chi connectivity index (χ2n) is 3.88. The van der Waals surface area contributed by atoms with Crippen molar-refractivity contribution < 1.29 is 14.1 Å². The predicted octanol–water partition coefficient (Wildman–Crippen LogP) is 3.06. The van der Waals surface area contributed by atoms with Gasteiger partial charge in [-0.3, -0.25) is 4.21 Å². The summed E-state index contributed by atoms with van der Waals surface area (Å²) in [6.45, 7) is 1.95. The smallest absolute Gasteiger partial charge is 0.345 e. The van der Waals surface area contributed by atoms with Crippen molar-refractivity contribution in [2.45, 2.75) is 17.6 Å². The quantitative estimate of drug-likeness (QED) is 0.936. The molecule has 0 aliphatic carbocycles. The zero-order valence-electron chi connectivity index (χ0n) is 9.75. The van der Waals surface area contributed by atoms with Crippen molar-refractivity contribution in [1.29, 1.82) is 0 Å². The van der Waals surface area contributed by atoms with Gasteiger partial charge in [0.1, 0.15) is 4.88 Å². The molecule has 0 amide bonds. The van der Waals surface area contributed by atoms with Crippen LogP contribution in [0.25, 0.3) is 0 Å². The SMILES string of the molecule is Cc1cccc(S(=O)Cc2ccc(C(=O)O)s2)c1. The van der Waals surface area contributed by atoms with Crippen LogP contribution in [0.5, 0.6) is 0 Å². The Hall–Kier alpha value is -1.46. The molecule has 0 saturated heterocycles. The van der Waals surface area contributed by atoms with Crippen LogP contribution in [0, 0.1) is 6.92 Å². The fourth-order valence-corrected chi connectivity index (χ4v) is 3.81. The number of hydrogen-bond acceptors (Lipinski definition) is 3. The molecule has 0 aliphatic heterocycles. The van der Waals surface area contributed by atoms with Crippen molar-refractivity contribution in [2.24, 2.45) is 0 Å². The van der Waals surface area contributed by atoms with Gasteiger partial charge in [0.25, 0.3) is 0 Å². The minimum atomic E-state index is -1.13. The molecule has 0 aliphatic rings. The van der Waals surface area contributed by atoms with Crippen molar-refractivity contribution >= 4 is 28.1 Å². The van der Waals surface area contributed by atoms with Gasteiger partial charge in [0.2, 0.25) is 0 Å². The molecule has 1 aromatic heterocycles. The van der Waals surface area contributed by atoms with Gasteiger partial charge in [0.05, 0.1) is 16.6 Å². The first kappa shape index (κ1) is 13.0. The lowest BCUT2D eigenvalue weighted by atomic mass is 10.2. The first-order valence-electron chi connectivity index (χ1n) is 5.33. The Morgan fingerprint density at radius 1 is 1.33 bits per heavy atom. The summed E-state index contributed by atoms with van der Waals surface area (Å²) >= 11 is 1.18. The summed E-state index contributed by atoms with van der Waals surface area (Å²) in [5.41, 5.74) is 1.07. The molecule has 1 aromatic carbocycles. The van der Waals surface area contributed by atoms with Crippen LogP contribution in [0.1, 0.15) is 20.1 Å². The van der Waals surface area contributed by atoms with Gasteiger partial charge in [-0.1, -0.05) is 12.1 Å². The Labute approximate surface area is 112 Å². The van der Waals surface area contributed by atoms with Crippen LogP contribution in [0.4, 0.5) is 0 Å². The third-order valence-corrected chi connectivity index (χ3v) is 5.01. The van der Waals surface area contributed by atoms with Gasteiger partial charge in [0.15, 0.2) is 0 Å². The second kappa shape index (κ2) is 5.46. The molecule has 0 fully saturated rings. The van der Waals surface area contributed by atoms with Gasteiger partial charge in [-0.15, -0.1) is 11.3 Å². The first-order chi connectivity index (χ1) is 8.56. The van der Waals surface area contributed by atoms with E-state index in [9.17, 15) is 9.00 Å². The molecule has 2 rings (SSSR count). The second-order valence-corrected chi connectivity index (χ2v) is 6.50. The summed E-state index contributed by atoms with van der Waals surface area (Å²) in [4.78, 5) is 12.6. The van der Waals surface area contributed by atoms with Gasteiger partial charge in [-0.25, -0.2) is 4.79 Å². The van der Waals surface area contributed by atoms with Crippen LogP contribution < -0.4 is 0 Å². The third kappa shape index (κ3) is 3.05. The lowest BCUT2D eigenvalue weighted by Crippen LogP contribution is -1.95. The number of carboxylic acid groups (broad SMARTS) is 1. The summed E-state index contributed by atoms with van der Waals surface area (Å²) in [7, 11) is -1.13. The zero-order chi connectivity index (χ0) is 13.1. The maximum atomic E-state index is 12.1. The molecule has 0 bridgehead atoms. The molecule has 94 valence electrons. The van der Waals surface area contributed by atoms with Gasteiger partial charge < -0.3 is 5.11 Å². The monoisotopic (exact) mass is 280 g/mol. The van der Waals surface area contributed by atoms with E-state index in [2.05, 4.69) is 0 Å². The number of benzene rings is 1. The number of carboxylic acids is 1. The lowest BCUT2D eigenvalue weighted by Gasteiger charge is -2.01. The molecule has 3 nitrogen and oxygen atoms in total. The molecule has 2 aromatic rings. The Balaban J connectivity index is 2.13. The highest BCUT2D eigenvalue weighted by Gasteiger charge is 2.10. The van der Waals surface area contributed by atoms with E-state index in [1.165, 1.54) is 11.3 Å². The topological polar surface area (TPSA) is 54.4 Å². The summed E-state index contributed by atoms with van der Waals surface area (Å²) in [5, 5.41) is 8.82. The standard InChI is InChI=1S/C13H12O3S2/c1-9-3-2-4-11(7-9)18(16)8-10-5-6-12(17-10)13(14)15/h2-7H,8H2,1H3,(H,14,15). The molecule has 5 heteroatoms. The molecule has 0 saturated carbocycles. The van der Waals surface area contributed by atoms with Crippen molar-refractivity contribution in [3.05, 3.63) is 51.7 Å². The van der Waals surface area contributed by atoms with E-state index in [0.717, 1.165) is 15.3 Å². The van der Waals surface area contributed by atoms with Crippen molar-refractivity contribution in [3.63, 3.8) is 0 Å². The molecular weight excluding hydrogens is 268 g/mol. The maximum Gasteiger partial charge on any atom is 0.345 e. The first-order valence-corrected chi connectivity index (χ1v) is 7.47. The summed E-state index contributed by atoms with van der Waals surface area (Å²) in [5.74, 6) is -0.575. The minimum absolute atomic E-state index is 0.284. The maximum absolute atomic E-state index is 12.1. The predicted molar refractivity (Wildman–Crippen MR) is 72.6 cm³/mol. The van der Waals surface area contributed by atoms with E-state index in [-0.39, 0.29) is 4.88 Å². The van der Waals surface area contributed by atoms with E-state index >= 15 is 0 Å². The van der Waals surface area contributed by atoms with E-state index < -0.39 is 16.8 Å². The lowest BCUT2D eigenvalue weighted by molar-refractivity contribution is 0.0702. The Kier molecular flexibility index (Phi) is 3.93. The Bertz CT molecular complexity index is 602. The molecule has 1 atom stereocenters. The molecule has 1 N–H and O–H groups in total. The Morgan fingerprint density at radius 3 is 2.72 bits per heavy atom. The molecular formula is C13H12O3S2. The summed E-state index contributed by atoms with van der Waals surface area (Å²) in [6.07, 6.45) is 0. The van der Waals surface area contributed by atoms with Gasteiger partial charge in [-0.05, 0) is 36.8 Å². The van der Waals surface area contributed by atoms with Crippen molar-refractivity contribution in [1.82, 2.24) is 0 Å². The largest absolute Gasteiger partial charge is 0.477 e. The van der Waals surface area contributed by atoms with Crippen LogP contribution >= 0.6 is 11.3 Å². The van der Waals surface area contributed by atoms with Gasteiger partial charge in [0, 0.05) is 9.77 Å². The van der Waals surface area contributed by atoms with E-state index in [0.29, 0.717) is 5.75 Å². The molecule has 0 spiro atoms. The third-order valence-electron chi connectivity index (χ3n) is 2.40. The van der Waals surface area contributed by atoms with Crippen LogP contribution in [-0.2, 0) is 16.6 Å². The number of thiophene rings is 1. The van der Waals surface area contributed by atoms with E-state index in [1.807, 2.05) is 31.2 Å². The normalized spacial score (nSPS) is 12.3. The van der Waals surface area contributed by atoms with Crippen molar-refractivity contribution in [2.75, 3.05) is 0 Å². The van der Waals surface area contributed by atoms with Crippen LogP contribution in [0.2, 0.25) is 0 Å². The number of rotatable bonds is 4. The van der Waals surface area contributed by atoms with Crippen LogP contribution in [0.3, 0.4) is 0 Å².